The monoisotopic (exact) mass is 443 g/mol. The molecule has 4 heteroatoms. The van der Waals surface area contributed by atoms with Crippen LogP contribution in [0.5, 0.6) is 0 Å². The van der Waals surface area contributed by atoms with Gasteiger partial charge in [-0.25, -0.2) is 0 Å². The first kappa shape index (κ1) is 21.1. The molecule has 0 N–H and O–H groups in total. The minimum absolute atomic E-state index is 0.0355. The van der Waals surface area contributed by atoms with Gasteiger partial charge in [0.15, 0.2) is 5.78 Å². The molecule has 1 fully saturated rings. The number of allylic oxidation sites excluding steroid dienone is 2. The Labute approximate surface area is 192 Å². The van der Waals surface area contributed by atoms with Crippen molar-refractivity contribution in [1.29, 1.82) is 5.26 Å². The quantitative estimate of drug-likeness (QED) is 0.398. The van der Waals surface area contributed by atoms with Crippen LogP contribution in [-0.2, 0) is 10.2 Å². The lowest BCUT2D eigenvalue weighted by Crippen LogP contribution is -2.33. The van der Waals surface area contributed by atoms with Crippen LogP contribution < -0.4 is 0 Å². The summed E-state index contributed by atoms with van der Waals surface area (Å²) in [6.45, 7) is 0. The number of benzene rings is 3. The number of carbonyl (C=O) groups is 1. The Morgan fingerprint density at radius 2 is 1.19 bits per heavy atom. The maximum Gasteiger partial charge on any atom is 0.185 e. The lowest BCUT2D eigenvalue weighted by atomic mass is 9.66. The van der Waals surface area contributed by atoms with Crippen LogP contribution in [0, 0.1) is 11.3 Å². The summed E-state index contributed by atoms with van der Waals surface area (Å²) in [7, 11) is 0. The van der Waals surface area contributed by atoms with Gasteiger partial charge in [-0.1, -0.05) is 77.8 Å². The van der Waals surface area contributed by atoms with Crippen molar-refractivity contribution in [2.45, 2.75) is 18.3 Å². The van der Waals surface area contributed by atoms with Gasteiger partial charge in [0.2, 0.25) is 0 Å². The molecule has 0 saturated heterocycles. The smallest absolute Gasteiger partial charge is 0.185 e. The van der Waals surface area contributed by atoms with Gasteiger partial charge in [-0.15, -0.1) is 0 Å². The van der Waals surface area contributed by atoms with Gasteiger partial charge in [-0.05, 0) is 65.9 Å². The minimum atomic E-state index is -0.814. The normalized spacial score (nSPS) is 21.3. The Morgan fingerprint density at radius 1 is 0.742 bits per heavy atom. The van der Waals surface area contributed by atoms with Crippen LogP contribution in [0.15, 0.2) is 90.0 Å². The van der Waals surface area contributed by atoms with Crippen LogP contribution in [0.25, 0.3) is 12.2 Å². The van der Waals surface area contributed by atoms with Gasteiger partial charge in [0.05, 0.1) is 11.5 Å². The molecule has 0 heterocycles. The molecule has 0 bridgehead atoms. The number of nitriles is 1. The number of hydrogen-bond acceptors (Lipinski definition) is 2. The van der Waals surface area contributed by atoms with Crippen LogP contribution in [0.1, 0.15) is 29.5 Å². The number of nitrogens with zero attached hydrogens (tertiary/aromatic N) is 1. The summed E-state index contributed by atoms with van der Waals surface area (Å²) in [5, 5.41) is 11.5. The van der Waals surface area contributed by atoms with E-state index >= 15 is 0 Å². The van der Waals surface area contributed by atoms with Crippen LogP contribution in [0.4, 0.5) is 0 Å². The molecule has 0 aliphatic heterocycles. The first-order valence-corrected chi connectivity index (χ1v) is 10.7. The molecule has 31 heavy (non-hydrogen) atoms. The van der Waals surface area contributed by atoms with E-state index in [0.29, 0.717) is 34.0 Å². The zero-order valence-corrected chi connectivity index (χ0v) is 18.2. The molecule has 1 aliphatic carbocycles. The first-order valence-electron chi connectivity index (χ1n) is 9.93. The molecule has 3 aromatic rings. The van der Waals surface area contributed by atoms with Crippen molar-refractivity contribution >= 4 is 41.1 Å². The Kier molecular flexibility index (Phi) is 6.09. The molecule has 152 valence electrons. The van der Waals surface area contributed by atoms with Crippen LogP contribution in [0.3, 0.4) is 0 Å². The second-order valence-corrected chi connectivity index (χ2v) is 8.56. The second kappa shape index (κ2) is 8.94. The Morgan fingerprint density at radius 3 is 1.61 bits per heavy atom. The van der Waals surface area contributed by atoms with Gasteiger partial charge in [-0.2, -0.15) is 5.26 Å². The van der Waals surface area contributed by atoms with Gasteiger partial charge in [-0.3, -0.25) is 4.79 Å². The van der Waals surface area contributed by atoms with Crippen molar-refractivity contribution in [3.63, 3.8) is 0 Å². The maximum atomic E-state index is 13.4. The van der Waals surface area contributed by atoms with E-state index < -0.39 is 5.41 Å². The molecule has 0 aromatic heterocycles. The van der Waals surface area contributed by atoms with Crippen molar-refractivity contribution in [3.05, 3.63) is 117 Å². The van der Waals surface area contributed by atoms with E-state index in [-0.39, 0.29) is 5.78 Å². The third kappa shape index (κ3) is 4.64. The van der Waals surface area contributed by atoms with Crippen LogP contribution >= 0.6 is 23.2 Å². The molecule has 4 rings (SSSR count). The molecule has 0 amide bonds. The van der Waals surface area contributed by atoms with Gasteiger partial charge < -0.3 is 0 Å². The van der Waals surface area contributed by atoms with E-state index in [4.69, 9.17) is 23.2 Å². The molecular weight excluding hydrogens is 425 g/mol. The number of halogens is 2. The van der Waals surface area contributed by atoms with E-state index in [2.05, 4.69) is 6.07 Å². The summed E-state index contributed by atoms with van der Waals surface area (Å²) in [4.78, 5) is 13.4. The fourth-order valence-electron chi connectivity index (χ4n) is 3.94. The molecule has 1 aliphatic rings. The van der Waals surface area contributed by atoms with Gasteiger partial charge in [0, 0.05) is 21.2 Å². The van der Waals surface area contributed by atoms with E-state index in [1.165, 1.54) is 0 Å². The summed E-state index contributed by atoms with van der Waals surface area (Å²) >= 11 is 12.0. The molecule has 0 unspecified atom stereocenters. The summed E-state index contributed by atoms with van der Waals surface area (Å²) in [5.74, 6) is -0.0355. The third-order valence-electron chi connectivity index (χ3n) is 5.53. The number of ketones is 1. The third-order valence-corrected chi connectivity index (χ3v) is 6.03. The van der Waals surface area contributed by atoms with E-state index in [0.717, 1.165) is 16.7 Å². The van der Waals surface area contributed by atoms with Crippen molar-refractivity contribution in [3.8, 4) is 6.07 Å². The number of rotatable bonds is 3. The van der Waals surface area contributed by atoms with E-state index in [1.807, 2.05) is 66.7 Å². The SMILES string of the molecule is N#CC1(c2ccccc2)C/C(=C/c2ccc(Cl)cc2)C(=O)/C(=C\c2ccc(Cl)cc2)C1. The Bertz CT molecular complexity index is 1130. The summed E-state index contributed by atoms with van der Waals surface area (Å²) in [6, 6.07) is 26.9. The Balaban J connectivity index is 1.83. The highest BCUT2D eigenvalue weighted by atomic mass is 35.5. The second-order valence-electron chi connectivity index (χ2n) is 7.68. The predicted molar refractivity (Wildman–Crippen MR) is 127 cm³/mol. The lowest BCUT2D eigenvalue weighted by Gasteiger charge is -2.33. The summed E-state index contributed by atoms with van der Waals surface area (Å²) in [6.07, 6.45) is 4.44. The van der Waals surface area contributed by atoms with Gasteiger partial charge in [0.25, 0.3) is 0 Å². The maximum absolute atomic E-state index is 13.4. The Hall–Kier alpha value is -3.12. The van der Waals surface area contributed by atoms with Crippen molar-refractivity contribution in [2.75, 3.05) is 0 Å². The predicted octanol–water partition coefficient (Wildman–Crippen LogP) is 7.28. The number of Topliss-reactive ketones (excluding diaryl/α,β-unsaturated/α-hetero) is 1. The first-order chi connectivity index (χ1) is 15.0. The fourth-order valence-corrected chi connectivity index (χ4v) is 4.19. The largest absolute Gasteiger partial charge is 0.289 e. The molecular formula is C27H19Cl2NO. The fraction of sp³-hybridized carbons (Fsp3) is 0.111. The molecule has 0 atom stereocenters. The summed E-state index contributed by atoms with van der Waals surface area (Å²) in [5.41, 5.74) is 3.07. The topological polar surface area (TPSA) is 40.9 Å². The van der Waals surface area contributed by atoms with Gasteiger partial charge >= 0.3 is 0 Å². The summed E-state index contributed by atoms with van der Waals surface area (Å²) < 4.78 is 0. The zero-order valence-electron chi connectivity index (χ0n) is 16.7. The van der Waals surface area contributed by atoms with E-state index in [1.54, 1.807) is 24.3 Å². The van der Waals surface area contributed by atoms with Gasteiger partial charge in [0.1, 0.15) is 0 Å². The zero-order chi connectivity index (χ0) is 21.8. The highest BCUT2D eigenvalue weighted by molar-refractivity contribution is 6.30. The van der Waals surface area contributed by atoms with Crippen molar-refractivity contribution in [2.24, 2.45) is 0 Å². The lowest BCUT2D eigenvalue weighted by molar-refractivity contribution is -0.113. The molecule has 3 aromatic carbocycles. The standard InChI is InChI=1S/C27H19Cl2NO/c28-24-10-6-19(7-11-24)14-21-16-27(18-30,23-4-2-1-3-5-23)17-22(26(21)31)15-20-8-12-25(29)13-9-20/h1-15H,16-17H2/b21-14-,22-15-. The molecule has 0 spiro atoms. The molecule has 1 saturated carbocycles. The highest BCUT2D eigenvalue weighted by Crippen LogP contribution is 2.43. The average molecular weight is 444 g/mol. The minimum Gasteiger partial charge on any atom is -0.289 e. The highest BCUT2D eigenvalue weighted by Gasteiger charge is 2.41. The number of carbonyl (C=O) groups excluding carboxylic acids is 1. The van der Waals surface area contributed by atoms with E-state index in [9.17, 15) is 10.1 Å². The van der Waals surface area contributed by atoms with Crippen LogP contribution in [-0.4, -0.2) is 5.78 Å². The van der Waals surface area contributed by atoms with Crippen molar-refractivity contribution < 1.29 is 4.79 Å². The average Bonchev–Trinajstić information content (AvgIpc) is 2.80. The number of hydrogen-bond donors (Lipinski definition) is 0. The van der Waals surface area contributed by atoms with Crippen LogP contribution in [0.2, 0.25) is 10.0 Å². The molecule has 2 nitrogen and oxygen atoms in total. The van der Waals surface area contributed by atoms with Crippen molar-refractivity contribution in [1.82, 2.24) is 0 Å². The molecule has 0 radical (unpaired) electrons.